The molecule has 0 saturated heterocycles. The van der Waals surface area contributed by atoms with Crippen molar-refractivity contribution in [2.75, 3.05) is 0 Å². The number of para-hydroxylation sites is 1. The summed E-state index contributed by atoms with van der Waals surface area (Å²) >= 11 is 3.54. The highest BCUT2D eigenvalue weighted by Gasteiger charge is 2.15. The van der Waals surface area contributed by atoms with Crippen molar-refractivity contribution < 1.29 is 0 Å². The Morgan fingerprint density at radius 2 is 1.06 bits per heavy atom. The van der Waals surface area contributed by atoms with Gasteiger partial charge in [-0.2, -0.15) is 0 Å². The van der Waals surface area contributed by atoms with Crippen LogP contribution in [0.3, 0.4) is 0 Å². The Labute approximate surface area is 200 Å². The quantitative estimate of drug-likeness (QED) is 0.250. The minimum Gasteiger partial charge on any atom is -0.228 e. The fourth-order valence-corrected chi connectivity index (χ4v) is 4.65. The highest BCUT2D eigenvalue weighted by atomic mass is 79.9. The standard InChI is InChI=1S/C30H19BrN2/c31-22-16-14-20(15-17-22)23-18-19-26(25-11-5-4-10-24(23)25)30-32-28-13-7-6-12-27(28)29(33-30)21-8-2-1-3-9-21/h1-19H. The highest BCUT2D eigenvalue weighted by molar-refractivity contribution is 9.10. The van der Waals surface area contributed by atoms with Crippen molar-refractivity contribution >= 4 is 37.6 Å². The first-order valence-electron chi connectivity index (χ1n) is 10.9. The first-order valence-corrected chi connectivity index (χ1v) is 11.7. The van der Waals surface area contributed by atoms with Crippen LogP contribution in [0.5, 0.6) is 0 Å². The van der Waals surface area contributed by atoms with Gasteiger partial charge in [-0.25, -0.2) is 9.97 Å². The highest BCUT2D eigenvalue weighted by Crippen LogP contribution is 2.36. The van der Waals surface area contributed by atoms with Gasteiger partial charge in [0.25, 0.3) is 0 Å². The average molecular weight is 487 g/mol. The Bertz CT molecular complexity index is 1610. The van der Waals surface area contributed by atoms with Crippen LogP contribution < -0.4 is 0 Å². The summed E-state index contributed by atoms with van der Waals surface area (Å²) in [4.78, 5) is 10.1. The predicted molar refractivity (Wildman–Crippen MR) is 141 cm³/mol. The molecular weight excluding hydrogens is 468 g/mol. The monoisotopic (exact) mass is 486 g/mol. The van der Waals surface area contributed by atoms with Gasteiger partial charge in [0.1, 0.15) is 0 Å². The normalized spacial score (nSPS) is 11.2. The summed E-state index contributed by atoms with van der Waals surface area (Å²) in [7, 11) is 0. The molecule has 156 valence electrons. The Morgan fingerprint density at radius 1 is 0.455 bits per heavy atom. The third-order valence-electron chi connectivity index (χ3n) is 5.97. The Kier molecular flexibility index (Phi) is 4.97. The van der Waals surface area contributed by atoms with Gasteiger partial charge in [-0.15, -0.1) is 0 Å². The molecule has 6 rings (SSSR count). The van der Waals surface area contributed by atoms with E-state index in [1.54, 1.807) is 0 Å². The van der Waals surface area contributed by atoms with Crippen LogP contribution >= 0.6 is 15.9 Å². The molecule has 0 aliphatic rings. The number of aromatic nitrogens is 2. The smallest absolute Gasteiger partial charge is 0.161 e. The lowest BCUT2D eigenvalue weighted by atomic mass is 9.94. The van der Waals surface area contributed by atoms with Crippen molar-refractivity contribution in [3.05, 3.63) is 120 Å². The minimum atomic E-state index is 0.742. The number of rotatable bonds is 3. The van der Waals surface area contributed by atoms with E-state index < -0.39 is 0 Å². The van der Waals surface area contributed by atoms with Gasteiger partial charge in [-0.1, -0.05) is 107 Å². The van der Waals surface area contributed by atoms with E-state index in [-0.39, 0.29) is 0 Å². The number of hydrogen-bond donors (Lipinski definition) is 0. The molecule has 1 heterocycles. The van der Waals surface area contributed by atoms with E-state index >= 15 is 0 Å². The fraction of sp³-hybridized carbons (Fsp3) is 0. The minimum absolute atomic E-state index is 0.742. The Morgan fingerprint density at radius 3 is 1.82 bits per heavy atom. The molecule has 1 aromatic heterocycles. The van der Waals surface area contributed by atoms with Gasteiger partial charge >= 0.3 is 0 Å². The second-order valence-corrected chi connectivity index (χ2v) is 8.91. The summed E-state index contributed by atoms with van der Waals surface area (Å²) in [5.74, 6) is 0.742. The van der Waals surface area contributed by atoms with Crippen molar-refractivity contribution in [1.29, 1.82) is 0 Å². The van der Waals surface area contributed by atoms with Crippen molar-refractivity contribution in [2.24, 2.45) is 0 Å². The van der Waals surface area contributed by atoms with Crippen LogP contribution in [-0.2, 0) is 0 Å². The van der Waals surface area contributed by atoms with Crippen LogP contribution in [0.25, 0.3) is 55.4 Å². The van der Waals surface area contributed by atoms with E-state index in [2.05, 4.69) is 101 Å². The molecule has 0 aliphatic heterocycles. The first kappa shape index (κ1) is 19.8. The van der Waals surface area contributed by atoms with Gasteiger partial charge in [0.15, 0.2) is 5.82 Å². The van der Waals surface area contributed by atoms with Crippen LogP contribution in [-0.4, -0.2) is 9.97 Å². The summed E-state index contributed by atoms with van der Waals surface area (Å²) in [6.07, 6.45) is 0. The number of halogens is 1. The van der Waals surface area contributed by atoms with Crippen LogP contribution in [0, 0.1) is 0 Å². The summed E-state index contributed by atoms with van der Waals surface area (Å²) in [6, 6.07) is 39.9. The van der Waals surface area contributed by atoms with E-state index in [4.69, 9.17) is 9.97 Å². The number of fused-ring (bicyclic) bond motifs is 2. The summed E-state index contributed by atoms with van der Waals surface area (Å²) in [5, 5.41) is 3.39. The molecule has 3 heteroatoms. The maximum absolute atomic E-state index is 5.09. The zero-order valence-electron chi connectivity index (χ0n) is 17.7. The van der Waals surface area contributed by atoms with E-state index in [1.165, 1.54) is 16.5 Å². The second-order valence-electron chi connectivity index (χ2n) is 7.99. The maximum atomic E-state index is 5.09. The van der Waals surface area contributed by atoms with Crippen LogP contribution in [0.2, 0.25) is 0 Å². The Hall–Kier alpha value is -3.82. The van der Waals surface area contributed by atoms with Gasteiger partial charge in [0, 0.05) is 21.0 Å². The predicted octanol–water partition coefficient (Wildman–Crippen LogP) is 8.55. The molecule has 0 fully saturated rings. The van der Waals surface area contributed by atoms with Gasteiger partial charge in [-0.3, -0.25) is 0 Å². The Balaban J connectivity index is 1.61. The van der Waals surface area contributed by atoms with E-state index in [0.717, 1.165) is 43.4 Å². The van der Waals surface area contributed by atoms with E-state index in [1.807, 2.05) is 30.3 Å². The van der Waals surface area contributed by atoms with Crippen molar-refractivity contribution in [3.63, 3.8) is 0 Å². The zero-order valence-corrected chi connectivity index (χ0v) is 19.3. The van der Waals surface area contributed by atoms with Gasteiger partial charge < -0.3 is 0 Å². The van der Waals surface area contributed by atoms with Crippen LogP contribution in [0.1, 0.15) is 0 Å². The fourth-order valence-electron chi connectivity index (χ4n) is 4.39. The van der Waals surface area contributed by atoms with Gasteiger partial charge in [0.2, 0.25) is 0 Å². The molecule has 0 spiro atoms. The lowest BCUT2D eigenvalue weighted by Gasteiger charge is -2.13. The average Bonchev–Trinajstić information content (AvgIpc) is 2.88. The van der Waals surface area contributed by atoms with Gasteiger partial charge in [-0.05, 0) is 46.2 Å². The topological polar surface area (TPSA) is 25.8 Å². The molecule has 2 nitrogen and oxygen atoms in total. The zero-order chi connectivity index (χ0) is 22.2. The third-order valence-corrected chi connectivity index (χ3v) is 6.50. The van der Waals surface area contributed by atoms with Gasteiger partial charge in [0.05, 0.1) is 11.2 Å². The van der Waals surface area contributed by atoms with Crippen LogP contribution in [0.15, 0.2) is 120 Å². The molecule has 0 unspecified atom stereocenters. The molecule has 33 heavy (non-hydrogen) atoms. The molecule has 0 atom stereocenters. The summed E-state index contributed by atoms with van der Waals surface area (Å²) in [5.41, 5.74) is 6.42. The third kappa shape index (κ3) is 3.61. The summed E-state index contributed by atoms with van der Waals surface area (Å²) in [6.45, 7) is 0. The molecule has 0 saturated carbocycles. The van der Waals surface area contributed by atoms with E-state index in [9.17, 15) is 0 Å². The SMILES string of the molecule is Brc1ccc(-c2ccc(-c3nc(-c4ccccc4)c4ccccc4n3)c3ccccc23)cc1. The van der Waals surface area contributed by atoms with Crippen molar-refractivity contribution in [3.8, 4) is 33.8 Å². The maximum Gasteiger partial charge on any atom is 0.161 e. The second kappa shape index (κ2) is 8.27. The number of benzene rings is 5. The van der Waals surface area contributed by atoms with Crippen molar-refractivity contribution in [2.45, 2.75) is 0 Å². The molecule has 0 bridgehead atoms. The number of hydrogen-bond acceptors (Lipinski definition) is 2. The molecule has 0 amide bonds. The molecule has 0 radical (unpaired) electrons. The lowest BCUT2D eigenvalue weighted by Crippen LogP contribution is -1.96. The largest absolute Gasteiger partial charge is 0.228 e. The van der Waals surface area contributed by atoms with Crippen molar-refractivity contribution in [1.82, 2.24) is 9.97 Å². The summed E-state index contributed by atoms with van der Waals surface area (Å²) < 4.78 is 1.07. The molecule has 0 N–H and O–H groups in total. The van der Waals surface area contributed by atoms with Crippen LogP contribution in [0.4, 0.5) is 0 Å². The molecular formula is C30H19BrN2. The molecule has 0 aliphatic carbocycles. The van der Waals surface area contributed by atoms with E-state index in [0.29, 0.717) is 0 Å². The number of nitrogens with zero attached hydrogens (tertiary/aromatic N) is 2. The molecule has 6 aromatic rings. The molecule has 5 aromatic carbocycles. The lowest BCUT2D eigenvalue weighted by molar-refractivity contribution is 1.23. The first-order chi connectivity index (χ1) is 16.3.